The zero-order valence-electron chi connectivity index (χ0n) is 24.5. The number of aromatic nitrogens is 5. The Morgan fingerprint density at radius 3 is 2.72 bits per heavy atom. The van der Waals surface area contributed by atoms with E-state index in [1.807, 2.05) is 30.3 Å². The van der Waals surface area contributed by atoms with Gasteiger partial charge >= 0.3 is 0 Å². The fraction of sp³-hybridized carbons (Fsp3) is 0.333. The summed E-state index contributed by atoms with van der Waals surface area (Å²) in [6, 6.07) is 12.9. The Morgan fingerprint density at radius 1 is 1.21 bits per heavy atom. The minimum Gasteiger partial charge on any atom is -0.384 e. The second kappa shape index (κ2) is 10.1. The van der Waals surface area contributed by atoms with E-state index in [4.69, 9.17) is 4.11 Å². The minimum atomic E-state index is -2.04. The molecule has 0 radical (unpaired) electrons. The van der Waals surface area contributed by atoms with Crippen molar-refractivity contribution in [3.8, 4) is 17.7 Å². The molecule has 0 atom stereocenters. The molecule has 3 aromatic heterocycles. The molecule has 0 amide bonds. The minimum absolute atomic E-state index is 0.176. The lowest BCUT2D eigenvalue weighted by Crippen LogP contribution is -2.29. The van der Waals surface area contributed by atoms with Crippen LogP contribution in [-0.4, -0.2) is 54.4 Å². The van der Waals surface area contributed by atoms with Gasteiger partial charge < -0.3 is 15.3 Å². The van der Waals surface area contributed by atoms with Crippen molar-refractivity contribution < 1.29 is 9.22 Å². The first-order valence-corrected chi connectivity index (χ1v) is 13.1. The first kappa shape index (κ1) is 21.6. The van der Waals surface area contributed by atoms with E-state index in [-0.39, 0.29) is 18.0 Å². The topological polar surface area (TPSA) is 101 Å². The molecule has 1 aromatic carbocycles. The number of nitrogens with zero attached hydrogens (tertiary/aromatic N) is 6. The van der Waals surface area contributed by atoms with Gasteiger partial charge in [-0.25, -0.2) is 19.3 Å². The number of nitrogens with one attached hydrogen (secondary N) is 1. The number of piperidine rings is 1. The van der Waals surface area contributed by atoms with E-state index in [1.54, 1.807) is 22.9 Å². The number of allylic oxidation sites excluding steroid dienone is 1. The summed E-state index contributed by atoms with van der Waals surface area (Å²) in [4.78, 5) is 28.5. The van der Waals surface area contributed by atoms with Gasteiger partial charge in [-0.05, 0) is 82.1 Å². The summed E-state index contributed by atoms with van der Waals surface area (Å²) in [5.74, 6) is 7.45. The number of rotatable bonds is 6. The smallest absolute Gasteiger partial charge is 0.278 e. The summed E-state index contributed by atoms with van der Waals surface area (Å²) in [5.41, 5.74) is 1.38. The van der Waals surface area contributed by atoms with E-state index in [1.165, 1.54) is 15.8 Å². The average molecular weight is 525 g/mol. The highest BCUT2D eigenvalue weighted by Crippen LogP contribution is 2.44. The number of hydrogen-bond acceptors (Lipinski definition) is 7. The maximum Gasteiger partial charge on any atom is 0.278 e. The molecule has 2 aliphatic rings. The molecule has 9 heteroatoms. The molecule has 2 N–H and O–H groups in total. The van der Waals surface area contributed by atoms with Crippen LogP contribution < -0.4 is 10.9 Å². The lowest BCUT2D eigenvalue weighted by atomic mass is 9.97. The molecule has 1 aliphatic heterocycles. The predicted molar refractivity (Wildman–Crippen MR) is 151 cm³/mol. The molecule has 1 saturated heterocycles. The van der Waals surface area contributed by atoms with E-state index in [2.05, 4.69) is 38.7 Å². The lowest BCUT2D eigenvalue weighted by molar-refractivity contribution is 0.146. The molecule has 0 bridgehead atoms. The van der Waals surface area contributed by atoms with Crippen LogP contribution in [0.4, 0.5) is 11.6 Å². The fourth-order valence-corrected chi connectivity index (χ4v) is 4.76. The third-order valence-electron chi connectivity index (χ3n) is 7.19. The Balaban J connectivity index is 1.23. The van der Waals surface area contributed by atoms with Gasteiger partial charge in [0.2, 0.25) is 5.95 Å². The van der Waals surface area contributed by atoms with Crippen molar-refractivity contribution in [3.63, 3.8) is 0 Å². The predicted octanol–water partition coefficient (Wildman–Crippen LogP) is 3.58. The normalized spacial score (nSPS) is 18.4. The molecule has 1 aliphatic carbocycles. The molecule has 4 aromatic rings. The second-order valence-corrected chi connectivity index (χ2v) is 10.1. The number of pyridine rings is 1. The molecular formula is C30H31N7O2. The highest BCUT2D eigenvalue weighted by Gasteiger charge is 2.43. The van der Waals surface area contributed by atoms with E-state index >= 15 is 0 Å². The lowest BCUT2D eigenvalue weighted by Gasteiger charge is -2.25. The summed E-state index contributed by atoms with van der Waals surface area (Å²) in [6.45, 7) is 3.05. The van der Waals surface area contributed by atoms with Crippen LogP contribution in [0.3, 0.4) is 0 Å². The number of hydrogen-bond donors (Lipinski definition) is 2. The van der Waals surface area contributed by atoms with Crippen LogP contribution in [0.1, 0.15) is 41.1 Å². The van der Waals surface area contributed by atoms with Gasteiger partial charge in [0, 0.05) is 27.5 Å². The zero-order valence-corrected chi connectivity index (χ0v) is 21.5. The van der Waals surface area contributed by atoms with Crippen LogP contribution in [-0.2, 0) is 12.1 Å². The number of anilines is 2. The maximum absolute atomic E-state index is 13.2. The number of likely N-dealkylation sites (tertiary alicyclic amines) is 1. The van der Waals surface area contributed by atoms with Gasteiger partial charge in [-0.2, -0.15) is 4.98 Å². The second-order valence-electron chi connectivity index (χ2n) is 10.1. The van der Waals surface area contributed by atoms with E-state index < -0.39 is 12.6 Å². The summed E-state index contributed by atoms with van der Waals surface area (Å²) in [7, 11) is 0. The molecule has 2 fully saturated rings. The maximum atomic E-state index is 13.2. The fourth-order valence-electron chi connectivity index (χ4n) is 4.76. The van der Waals surface area contributed by atoms with Crippen LogP contribution in [0, 0.1) is 17.8 Å². The third-order valence-corrected chi connectivity index (χ3v) is 7.19. The van der Waals surface area contributed by atoms with Crippen molar-refractivity contribution in [1.29, 1.82) is 0 Å². The van der Waals surface area contributed by atoms with Crippen LogP contribution >= 0.6 is 0 Å². The Kier molecular flexibility index (Phi) is 5.63. The van der Waals surface area contributed by atoms with E-state index in [9.17, 15) is 9.90 Å². The summed E-state index contributed by atoms with van der Waals surface area (Å²) < 4.78 is 25.8. The average Bonchev–Trinajstić information content (AvgIpc) is 3.68. The third kappa shape index (κ3) is 5.09. The SMILES string of the molecule is [2H]C([2H])([2H])N1CCC(C#Cc2ccc(Nc3ncc4c(=O)n(CC=C)n(-c5cccc(C6(O)CC6)n5)c4n3)cc2)CC1. The summed E-state index contributed by atoms with van der Waals surface area (Å²) in [6.07, 6.45) is 5.92. The summed E-state index contributed by atoms with van der Waals surface area (Å²) >= 11 is 0. The van der Waals surface area contributed by atoms with Crippen molar-refractivity contribution in [2.75, 3.05) is 25.4 Å². The first-order valence-electron chi connectivity index (χ1n) is 14.6. The molecule has 198 valence electrons. The van der Waals surface area contributed by atoms with Gasteiger partial charge in [0.25, 0.3) is 5.56 Å². The molecule has 6 rings (SSSR count). The monoisotopic (exact) mass is 524 g/mol. The van der Waals surface area contributed by atoms with Crippen molar-refractivity contribution in [2.24, 2.45) is 5.92 Å². The van der Waals surface area contributed by atoms with E-state index in [0.717, 1.165) is 24.1 Å². The largest absolute Gasteiger partial charge is 0.384 e. The molecule has 39 heavy (non-hydrogen) atoms. The number of fused-ring (bicyclic) bond motifs is 1. The Morgan fingerprint density at radius 2 is 2.00 bits per heavy atom. The van der Waals surface area contributed by atoms with Gasteiger partial charge in [0.05, 0.1) is 12.2 Å². The van der Waals surface area contributed by atoms with E-state index in [0.29, 0.717) is 54.4 Å². The molecule has 4 heterocycles. The molecule has 9 nitrogen and oxygen atoms in total. The van der Waals surface area contributed by atoms with Crippen LogP contribution in [0.5, 0.6) is 0 Å². The summed E-state index contributed by atoms with van der Waals surface area (Å²) in [5, 5.41) is 14.1. The number of benzene rings is 1. The van der Waals surface area contributed by atoms with Gasteiger partial charge in [-0.3, -0.25) is 4.79 Å². The number of aliphatic hydroxyl groups is 1. The van der Waals surface area contributed by atoms with Gasteiger partial charge in [0.1, 0.15) is 11.0 Å². The van der Waals surface area contributed by atoms with Crippen molar-refractivity contribution in [2.45, 2.75) is 37.8 Å². The van der Waals surface area contributed by atoms with Crippen molar-refractivity contribution >= 4 is 22.7 Å². The Bertz CT molecular complexity index is 1750. The Hall–Kier alpha value is -4.26. The van der Waals surface area contributed by atoms with Crippen molar-refractivity contribution in [1.82, 2.24) is 29.2 Å². The molecule has 0 unspecified atom stereocenters. The van der Waals surface area contributed by atoms with Crippen molar-refractivity contribution in [3.05, 3.63) is 82.9 Å². The standard InChI is InChI=1S/C30H31N7O2/c1-3-17-36-28(38)24-20-31-29(34-27(24)37(36)26-6-4-5-25(33-26)30(39)15-16-30)32-23-11-9-21(10-12-23)7-8-22-13-18-35(2)19-14-22/h3-6,9-12,20,22,39H,1,13-19H2,2H3,(H,31,32,34)/i2D3. The molecule has 1 saturated carbocycles. The van der Waals surface area contributed by atoms with Crippen LogP contribution in [0.2, 0.25) is 0 Å². The highest BCUT2D eigenvalue weighted by atomic mass is 16.3. The Labute approximate surface area is 231 Å². The molecular weight excluding hydrogens is 490 g/mol. The van der Waals surface area contributed by atoms with Gasteiger partial charge in [-0.15, -0.1) is 6.58 Å². The first-order chi connectivity index (χ1) is 20.1. The van der Waals surface area contributed by atoms with Crippen LogP contribution in [0.15, 0.2) is 66.1 Å². The highest BCUT2D eigenvalue weighted by molar-refractivity contribution is 5.77. The molecule has 0 spiro atoms. The van der Waals surface area contributed by atoms with Crippen LogP contribution in [0.25, 0.3) is 16.9 Å². The zero-order chi connectivity index (χ0) is 29.5. The quantitative estimate of drug-likeness (QED) is 0.294. The van der Waals surface area contributed by atoms with Gasteiger partial charge in [0.15, 0.2) is 11.5 Å². The van der Waals surface area contributed by atoms with Gasteiger partial charge in [-0.1, -0.05) is 24.0 Å².